The summed E-state index contributed by atoms with van der Waals surface area (Å²) in [7, 11) is 7.00. The van der Waals surface area contributed by atoms with Gasteiger partial charge in [-0.15, -0.1) is 0 Å². The first kappa shape index (κ1) is 43.5. The molecule has 0 aliphatic carbocycles. The molecule has 1 heterocycles. The number of pyridine rings is 1. The molecule has 0 aliphatic rings. The van der Waals surface area contributed by atoms with Gasteiger partial charge in [0.1, 0.15) is 0 Å². The molecule has 0 bridgehead atoms. The number of nitrogens with zero attached hydrogens (tertiary/aromatic N) is 7. The van der Waals surface area contributed by atoms with Gasteiger partial charge < -0.3 is 31.1 Å². The van der Waals surface area contributed by atoms with E-state index in [0.29, 0.717) is 13.1 Å². The number of aromatic nitrogens is 1. The maximum absolute atomic E-state index is 12.4. The topological polar surface area (TPSA) is 110 Å². The molecule has 0 atom stereocenters. The molecule has 1 rings (SSSR count). The molecule has 218 valence electrons. The van der Waals surface area contributed by atoms with Gasteiger partial charge >= 0.3 is 26.2 Å². The average molecular weight is 613 g/mol. The Morgan fingerprint density at radius 1 is 0.658 bits per heavy atom. The minimum Gasteiger partial charge on any atom is -0.668 e. The van der Waals surface area contributed by atoms with Gasteiger partial charge in [-0.05, 0) is 54.8 Å². The van der Waals surface area contributed by atoms with Crippen LogP contribution in [0.1, 0.15) is 69.2 Å². The van der Waals surface area contributed by atoms with Gasteiger partial charge in [0.05, 0.1) is 0 Å². The smallest absolute Gasteiger partial charge is 0.668 e. The van der Waals surface area contributed by atoms with E-state index in [4.69, 9.17) is 0 Å². The zero-order chi connectivity index (χ0) is 29.6. The van der Waals surface area contributed by atoms with E-state index in [-0.39, 0.29) is 67.8 Å². The van der Waals surface area contributed by atoms with Crippen LogP contribution in [0.25, 0.3) is 21.3 Å². The summed E-state index contributed by atoms with van der Waals surface area (Å²) in [6, 6.07) is 5.75. The van der Waals surface area contributed by atoms with Crippen molar-refractivity contribution in [3.8, 4) is 0 Å². The Morgan fingerprint density at radius 3 is 1.08 bits per heavy atom. The quantitative estimate of drug-likeness (QED) is 0.302. The molecule has 1 aromatic rings. The molecule has 0 unspecified atom stereocenters. The number of urea groups is 2. The van der Waals surface area contributed by atoms with Crippen LogP contribution in [0, 0.1) is 5.41 Å². The van der Waals surface area contributed by atoms with Crippen molar-refractivity contribution in [2.24, 2.45) is 5.41 Å². The summed E-state index contributed by atoms with van der Waals surface area (Å²) in [6.45, 7) is 20.5. The van der Waals surface area contributed by atoms with E-state index in [0.717, 1.165) is 0 Å². The Morgan fingerprint density at radius 2 is 0.921 bits per heavy atom. The second-order valence-electron chi connectivity index (χ2n) is 10.5. The van der Waals surface area contributed by atoms with Crippen LogP contribution in [-0.2, 0) is 26.2 Å². The van der Waals surface area contributed by atoms with Gasteiger partial charge in [-0.1, -0.05) is 75.3 Å². The second kappa shape index (κ2) is 25.8. The fourth-order valence-corrected chi connectivity index (χ4v) is 3.17. The molecular formula is C28H55N7O2Zr. The molecule has 38 heavy (non-hydrogen) atoms. The molecule has 0 saturated heterocycles. The van der Waals surface area contributed by atoms with Crippen molar-refractivity contribution >= 4 is 12.1 Å². The third kappa shape index (κ3) is 23.6. The molecule has 0 radical (unpaired) electrons. The monoisotopic (exact) mass is 611 g/mol. The molecule has 0 aromatic carbocycles. The predicted octanol–water partition coefficient (Wildman–Crippen LogP) is 7.56. The number of hydrogen-bond donors (Lipinski definition) is 0. The van der Waals surface area contributed by atoms with Crippen molar-refractivity contribution in [2.75, 3.05) is 41.3 Å². The van der Waals surface area contributed by atoms with E-state index in [1.54, 1.807) is 50.4 Å². The van der Waals surface area contributed by atoms with Gasteiger partial charge in [-0.2, -0.15) is 28.2 Å². The predicted molar refractivity (Wildman–Crippen MR) is 160 cm³/mol. The minimum atomic E-state index is -0.343. The Labute approximate surface area is 253 Å². The zero-order valence-electron chi connectivity index (χ0n) is 26.6. The van der Waals surface area contributed by atoms with Gasteiger partial charge in [-0.25, -0.2) is 0 Å². The third-order valence-corrected chi connectivity index (χ3v) is 4.52. The molecule has 0 saturated carbocycles. The van der Waals surface area contributed by atoms with Crippen LogP contribution >= 0.6 is 0 Å². The zero-order valence-corrected chi connectivity index (χ0v) is 29.0. The van der Waals surface area contributed by atoms with Crippen LogP contribution in [0.5, 0.6) is 0 Å². The molecule has 0 aliphatic heterocycles. The van der Waals surface area contributed by atoms with Gasteiger partial charge in [0.15, 0.2) is 12.1 Å². The van der Waals surface area contributed by atoms with Crippen molar-refractivity contribution < 1.29 is 35.8 Å². The molecule has 4 amide bonds. The summed E-state index contributed by atoms with van der Waals surface area (Å²) in [6.07, 6.45) is 3.50. The number of amides is 4. The van der Waals surface area contributed by atoms with E-state index in [1.165, 1.54) is 0 Å². The van der Waals surface area contributed by atoms with E-state index < -0.39 is 0 Å². The second-order valence-corrected chi connectivity index (χ2v) is 10.5. The summed E-state index contributed by atoms with van der Waals surface area (Å²) in [5.74, 6) is 0. The summed E-state index contributed by atoms with van der Waals surface area (Å²) < 4.78 is 0. The molecule has 10 heteroatoms. The molecule has 0 fully saturated rings. The van der Waals surface area contributed by atoms with Gasteiger partial charge in [0.2, 0.25) is 0 Å². The fourth-order valence-electron chi connectivity index (χ4n) is 3.17. The number of hydrogen-bond acceptors (Lipinski definition) is 3. The normalized spacial score (nSPS) is 10.2. The first-order chi connectivity index (χ1) is 17.1. The first-order valence-corrected chi connectivity index (χ1v) is 12.9. The summed E-state index contributed by atoms with van der Waals surface area (Å²) in [5, 5.41) is 15.5. The van der Waals surface area contributed by atoms with Gasteiger partial charge in [0, 0.05) is 12.4 Å². The van der Waals surface area contributed by atoms with Crippen LogP contribution in [0.15, 0.2) is 30.6 Å². The third-order valence-electron chi connectivity index (χ3n) is 4.52. The number of carbonyl (C=O) groups excluding carboxylic acids is 2. The summed E-state index contributed by atoms with van der Waals surface area (Å²) in [5.41, 5.74) is -0.343. The Hall–Kier alpha value is -1.51. The van der Waals surface area contributed by atoms with Crippen LogP contribution in [0.2, 0.25) is 0 Å². The molecular weight excluding hydrogens is 558 g/mol. The summed E-state index contributed by atoms with van der Waals surface area (Å²) >= 11 is 0. The largest absolute Gasteiger partial charge is 4.00 e. The van der Waals surface area contributed by atoms with Crippen LogP contribution in [0.3, 0.4) is 0 Å². The average Bonchev–Trinajstić information content (AvgIpc) is 2.78. The summed E-state index contributed by atoms with van der Waals surface area (Å²) in [4.78, 5) is 32.0. The van der Waals surface area contributed by atoms with Crippen LogP contribution < -0.4 is 0 Å². The van der Waals surface area contributed by atoms with Crippen molar-refractivity contribution in [3.63, 3.8) is 0 Å². The fraction of sp³-hybridized carbons (Fsp3) is 0.750. The van der Waals surface area contributed by atoms with E-state index in [9.17, 15) is 9.59 Å². The van der Waals surface area contributed by atoms with Crippen LogP contribution in [-0.4, -0.2) is 92.3 Å². The standard InChI is InChI=1S/C19H40N4O2.C5H5N.2C2H6N.Zr/c1-13(2)22(14(3)4)17(24)20-11-19(9,10)12-21-18(25)23(15(5)6)16(7)8;1-2-4-6-5-3-1;2*1-3-2;/h13-16H,11-12H2,1-10H3,(H2,20,21,24,25);1-5H;2*1-2H3;/q;;2*-1;+4/p-2. The Kier molecular flexibility index (Phi) is 29.5. The Balaban J connectivity index is -0.000000365. The maximum Gasteiger partial charge on any atom is 4.00 e. The molecule has 1 aromatic heterocycles. The number of rotatable bonds is 8. The van der Waals surface area contributed by atoms with Crippen molar-refractivity contribution in [1.29, 1.82) is 0 Å². The Bertz CT molecular complexity index is 590. The van der Waals surface area contributed by atoms with E-state index >= 15 is 0 Å². The van der Waals surface area contributed by atoms with Gasteiger partial charge in [0.25, 0.3) is 0 Å². The molecule has 9 nitrogen and oxygen atoms in total. The van der Waals surface area contributed by atoms with Gasteiger partial charge in [-0.3, -0.25) is 14.6 Å². The van der Waals surface area contributed by atoms with E-state index in [2.05, 4.69) is 26.3 Å². The van der Waals surface area contributed by atoms with Crippen molar-refractivity contribution in [1.82, 2.24) is 14.8 Å². The minimum absolute atomic E-state index is 0. The van der Waals surface area contributed by atoms with E-state index in [1.807, 2.05) is 87.4 Å². The van der Waals surface area contributed by atoms with Crippen molar-refractivity contribution in [2.45, 2.75) is 93.4 Å². The van der Waals surface area contributed by atoms with Crippen molar-refractivity contribution in [3.05, 3.63) is 51.9 Å². The molecule has 0 spiro atoms. The SMILES string of the molecule is CC(C)N(C(=O)[N-]CC(C)(C)C[N-]C(=O)N(C(C)C)C(C)C)C(C)C.C[N-]C.C[N-]C.[Zr+4].c1ccncc1. The number of carbonyl (C=O) groups is 2. The molecule has 0 N–H and O–H groups in total. The maximum atomic E-state index is 12.4. The van der Waals surface area contributed by atoms with Crippen LogP contribution in [0.4, 0.5) is 9.59 Å². The first-order valence-electron chi connectivity index (χ1n) is 12.9.